The first-order valence-corrected chi connectivity index (χ1v) is 6.92. The molecule has 1 aromatic heterocycles. The molecule has 0 aliphatic carbocycles. The third kappa shape index (κ3) is 4.57. The van der Waals surface area contributed by atoms with E-state index in [0.29, 0.717) is 10.8 Å². The number of alkyl halides is 3. The number of rotatable bonds is 6. The highest BCUT2D eigenvalue weighted by Gasteiger charge is 2.35. The first-order chi connectivity index (χ1) is 8.34. The number of nitrogens with one attached hydrogen (secondary N) is 1. The van der Waals surface area contributed by atoms with Gasteiger partial charge in [0, 0.05) is 17.1 Å². The van der Waals surface area contributed by atoms with Gasteiger partial charge in [0.2, 0.25) is 0 Å². The summed E-state index contributed by atoms with van der Waals surface area (Å²) in [6.45, 7) is 6.96. The van der Waals surface area contributed by atoms with Crippen molar-refractivity contribution in [2.75, 3.05) is 6.54 Å². The lowest BCUT2D eigenvalue weighted by atomic mass is 10.0. The summed E-state index contributed by atoms with van der Waals surface area (Å²) in [5, 5.41) is 2.53. The topological polar surface area (TPSA) is 24.9 Å². The van der Waals surface area contributed by atoms with Crippen LogP contribution in [0.15, 0.2) is 6.20 Å². The molecular formula is C12H19F3N2S. The molecule has 0 spiro atoms. The molecule has 1 rings (SSSR count). The van der Waals surface area contributed by atoms with Crippen LogP contribution < -0.4 is 5.32 Å². The monoisotopic (exact) mass is 280 g/mol. The summed E-state index contributed by atoms with van der Waals surface area (Å²) in [4.78, 5) is 4.15. The van der Waals surface area contributed by atoms with Gasteiger partial charge in [0.1, 0.15) is 0 Å². The van der Waals surface area contributed by atoms with E-state index < -0.39 is 11.2 Å². The van der Waals surface area contributed by atoms with Crippen LogP contribution in [0.1, 0.15) is 49.5 Å². The van der Waals surface area contributed by atoms with Gasteiger partial charge in [-0.2, -0.15) is 13.2 Å². The van der Waals surface area contributed by atoms with Crippen molar-refractivity contribution < 1.29 is 13.2 Å². The van der Waals surface area contributed by atoms with Gasteiger partial charge in [-0.05, 0) is 25.3 Å². The minimum absolute atomic E-state index is 0.0291. The van der Waals surface area contributed by atoms with Crippen molar-refractivity contribution >= 4 is 11.3 Å². The first kappa shape index (κ1) is 15.4. The van der Waals surface area contributed by atoms with Gasteiger partial charge >= 0.3 is 6.18 Å². The summed E-state index contributed by atoms with van der Waals surface area (Å²) in [5.74, 6) is 0.427. The van der Waals surface area contributed by atoms with Crippen molar-refractivity contribution in [2.24, 2.45) is 5.92 Å². The lowest BCUT2D eigenvalue weighted by Gasteiger charge is -2.18. The highest BCUT2D eigenvalue weighted by atomic mass is 32.1. The van der Waals surface area contributed by atoms with E-state index in [9.17, 15) is 13.2 Å². The second kappa shape index (κ2) is 6.52. The number of nitrogens with zero attached hydrogens (tertiary/aromatic N) is 1. The van der Waals surface area contributed by atoms with Crippen LogP contribution in [0.25, 0.3) is 0 Å². The Kier molecular flexibility index (Phi) is 5.59. The summed E-state index contributed by atoms with van der Waals surface area (Å²) < 4.78 is 37.5. The molecule has 1 atom stereocenters. The van der Waals surface area contributed by atoms with E-state index in [4.69, 9.17) is 0 Å². The fourth-order valence-corrected chi connectivity index (χ4v) is 2.54. The fourth-order valence-electron chi connectivity index (χ4n) is 1.67. The molecule has 2 nitrogen and oxygen atoms in total. The quantitative estimate of drug-likeness (QED) is 0.842. The highest BCUT2D eigenvalue weighted by Crippen LogP contribution is 2.35. The highest BCUT2D eigenvalue weighted by molar-refractivity contribution is 7.11. The maximum Gasteiger partial charge on any atom is 0.443 e. The zero-order valence-corrected chi connectivity index (χ0v) is 11.7. The molecule has 1 aromatic rings. The van der Waals surface area contributed by atoms with Gasteiger partial charge in [0.25, 0.3) is 0 Å². The Morgan fingerprint density at radius 3 is 2.50 bits per heavy atom. The molecule has 104 valence electrons. The third-order valence-corrected chi connectivity index (χ3v) is 3.61. The Bertz CT molecular complexity index is 360. The van der Waals surface area contributed by atoms with E-state index in [0.717, 1.165) is 30.7 Å². The second-order valence-electron chi connectivity index (χ2n) is 4.70. The summed E-state index contributed by atoms with van der Waals surface area (Å²) in [5.41, 5.74) is 0. The molecule has 0 aliphatic heterocycles. The van der Waals surface area contributed by atoms with Gasteiger partial charge < -0.3 is 5.32 Å². The molecule has 1 N–H and O–H groups in total. The van der Waals surface area contributed by atoms with Crippen molar-refractivity contribution in [1.29, 1.82) is 0 Å². The minimum Gasteiger partial charge on any atom is -0.309 e. The van der Waals surface area contributed by atoms with Crippen molar-refractivity contribution in [2.45, 2.75) is 45.8 Å². The van der Waals surface area contributed by atoms with Crippen molar-refractivity contribution in [1.82, 2.24) is 10.3 Å². The zero-order valence-electron chi connectivity index (χ0n) is 10.8. The number of hydrogen-bond donors (Lipinski definition) is 1. The van der Waals surface area contributed by atoms with Crippen LogP contribution in [0, 0.1) is 5.92 Å². The van der Waals surface area contributed by atoms with Gasteiger partial charge in [0.15, 0.2) is 5.01 Å². The lowest BCUT2D eigenvalue weighted by molar-refractivity contribution is -0.137. The zero-order chi connectivity index (χ0) is 13.8. The normalized spacial score (nSPS) is 14.2. The molecule has 0 amide bonds. The van der Waals surface area contributed by atoms with Crippen molar-refractivity contribution in [3.05, 3.63) is 16.1 Å². The number of hydrogen-bond acceptors (Lipinski definition) is 3. The molecule has 6 heteroatoms. The van der Waals surface area contributed by atoms with Gasteiger partial charge in [-0.25, -0.2) is 4.98 Å². The Balaban J connectivity index is 2.81. The van der Waals surface area contributed by atoms with Gasteiger partial charge in [-0.1, -0.05) is 20.8 Å². The molecule has 1 unspecified atom stereocenters. The van der Waals surface area contributed by atoms with E-state index in [2.05, 4.69) is 24.1 Å². The summed E-state index contributed by atoms with van der Waals surface area (Å²) >= 11 is 0.742. The molecule has 0 aliphatic rings. The van der Waals surface area contributed by atoms with Crippen molar-refractivity contribution in [3.63, 3.8) is 0 Å². The number of thiazole rings is 1. The maximum absolute atomic E-state index is 12.5. The summed E-state index contributed by atoms with van der Waals surface area (Å²) in [7, 11) is 0. The standard InChI is InChI=1S/C12H19F3N2S/c1-4-5-16-9(6-8(2)3)10-7-17-11(18-10)12(13,14)15/h7-9,16H,4-6H2,1-3H3. The molecular weight excluding hydrogens is 261 g/mol. The van der Waals surface area contributed by atoms with E-state index >= 15 is 0 Å². The molecule has 0 radical (unpaired) electrons. The average Bonchev–Trinajstić information content (AvgIpc) is 2.72. The Labute approximate surface area is 110 Å². The number of halogens is 3. The van der Waals surface area contributed by atoms with Crippen LogP contribution in [0.5, 0.6) is 0 Å². The van der Waals surface area contributed by atoms with Gasteiger partial charge in [-0.15, -0.1) is 11.3 Å². The van der Waals surface area contributed by atoms with E-state index in [1.165, 1.54) is 6.20 Å². The molecule has 0 aromatic carbocycles. The van der Waals surface area contributed by atoms with Gasteiger partial charge in [0.05, 0.1) is 0 Å². The second-order valence-corrected chi connectivity index (χ2v) is 5.76. The lowest BCUT2D eigenvalue weighted by Crippen LogP contribution is -2.22. The first-order valence-electron chi connectivity index (χ1n) is 6.10. The Morgan fingerprint density at radius 2 is 2.06 bits per heavy atom. The smallest absolute Gasteiger partial charge is 0.309 e. The van der Waals surface area contributed by atoms with Crippen molar-refractivity contribution in [3.8, 4) is 0 Å². The molecule has 0 fully saturated rings. The summed E-state index contributed by atoms with van der Waals surface area (Å²) in [6, 6.07) is -0.0291. The van der Waals surface area contributed by atoms with Crippen LogP contribution in [0.3, 0.4) is 0 Å². The molecule has 0 saturated carbocycles. The SMILES string of the molecule is CCCNC(CC(C)C)c1cnc(C(F)(F)F)s1. The van der Waals surface area contributed by atoms with Crippen LogP contribution in [0.2, 0.25) is 0 Å². The summed E-state index contributed by atoms with van der Waals surface area (Å²) in [6.07, 6.45) is -1.21. The molecule has 0 saturated heterocycles. The van der Waals surface area contributed by atoms with E-state index in [1.807, 2.05) is 6.92 Å². The van der Waals surface area contributed by atoms with E-state index in [-0.39, 0.29) is 6.04 Å². The Morgan fingerprint density at radius 1 is 1.39 bits per heavy atom. The van der Waals surface area contributed by atoms with E-state index in [1.54, 1.807) is 0 Å². The van der Waals surface area contributed by atoms with Crippen LogP contribution >= 0.6 is 11.3 Å². The van der Waals surface area contributed by atoms with Crippen LogP contribution in [-0.2, 0) is 6.18 Å². The third-order valence-electron chi connectivity index (χ3n) is 2.46. The van der Waals surface area contributed by atoms with Crippen LogP contribution in [0.4, 0.5) is 13.2 Å². The molecule has 18 heavy (non-hydrogen) atoms. The predicted octanol–water partition coefficient (Wildman–Crippen LogP) is 4.25. The predicted molar refractivity (Wildman–Crippen MR) is 67.6 cm³/mol. The maximum atomic E-state index is 12.5. The fraction of sp³-hybridized carbons (Fsp3) is 0.750. The number of aromatic nitrogens is 1. The molecule has 1 heterocycles. The Hall–Kier alpha value is -0.620. The average molecular weight is 280 g/mol. The largest absolute Gasteiger partial charge is 0.443 e. The van der Waals surface area contributed by atoms with Gasteiger partial charge in [-0.3, -0.25) is 0 Å². The van der Waals surface area contributed by atoms with Crippen LogP contribution in [-0.4, -0.2) is 11.5 Å². The minimum atomic E-state index is -4.34. The molecule has 0 bridgehead atoms.